The number of nitrogen functional groups attached to an aromatic ring is 1. The van der Waals surface area contributed by atoms with Gasteiger partial charge in [0.05, 0.1) is 6.26 Å². The molecular weight excluding hydrogens is 426 g/mol. The van der Waals surface area contributed by atoms with Gasteiger partial charge in [0.1, 0.15) is 12.0 Å². The summed E-state index contributed by atoms with van der Waals surface area (Å²) in [6, 6.07) is 3.90. The van der Waals surface area contributed by atoms with E-state index in [-0.39, 0.29) is 23.5 Å². The lowest BCUT2D eigenvalue weighted by Gasteiger charge is -2.13. The molecule has 0 bridgehead atoms. The predicted molar refractivity (Wildman–Crippen MR) is 113 cm³/mol. The number of alkyl halides is 1. The van der Waals surface area contributed by atoms with Crippen molar-refractivity contribution in [2.24, 2.45) is 0 Å². The van der Waals surface area contributed by atoms with Gasteiger partial charge in [0, 0.05) is 19.5 Å². The van der Waals surface area contributed by atoms with Crippen LogP contribution in [-0.4, -0.2) is 40.7 Å². The van der Waals surface area contributed by atoms with Gasteiger partial charge in [-0.3, -0.25) is 0 Å². The number of nitrogens with two attached hydrogens (primary N) is 1. The number of sulfonamides is 1. The van der Waals surface area contributed by atoms with Crippen molar-refractivity contribution in [2.75, 3.05) is 18.5 Å². The zero-order chi connectivity index (χ0) is 22.3. The molecule has 0 saturated carbocycles. The van der Waals surface area contributed by atoms with Crippen molar-refractivity contribution >= 4 is 27.0 Å². The summed E-state index contributed by atoms with van der Waals surface area (Å²) >= 11 is 0. The molecule has 0 amide bonds. The Kier molecular flexibility index (Phi) is 5.65. The molecule has 1 aliphatic carbocycles. The van der Waals surface area contributed by atoms with Crippen LogP contribution in [0.3, 0.4) is 0 Å². The molecule has 166 valence electrons. The van der Waals surface area contributed by atoms with Crippen molar-refractivity contribution in [3.05, 3.63) is 46.3 Å². The number of fused-ring (bicyclic) bond motifs is 2. The number of benzene rings is 1. The minimum atomic E-state index is -3.31. The first-order valence-electron chi connectivity index (χ1n) is 10.0. The molecule has 1 aliphatic rings. The van der Waals surface area contributed by atoms with Crippen molar-refractivity contribution < 1.29 is 17.2 Å². The van der Waals surface area contributed by atoms with Crippen molar-refractivity contribution in [3.8, 4) is 0 Å². The quantitative estimate of drug-likeness (QED) is 0.422. The Labute approximate surface area is 179 Å². The van der Waals surface area contributed by atoms with E-state index in [0.717, 1.165) is 29.4 Å². The van der Waals surface area contributed by atoms with Crippen LogP contribution in [0.25, 0.3) is 11.2 Å². The average Bonchev–Trinajstić information content (AvgIpc) is 3.19. The van der Waals surface area contributed by atoms with Gasteiger partial charge in [-0.15, -0.1) is 0 Å². The van der Waals surface area contributed by atoms with Gasteiger partial charge < -0.3 is 10.3 Å². The van der Waals surface area contributed by atoms with E-state index in [2.05, 4.69) is 19.7 Å². The number of aryl methyl sites for hydroxylation is 3. The summed E-state index contributed by atoms with van der Waals surface area (Å²) in [4.78, 5) is 12.0. The molecule has 0 aliphatic heterocycles. The number of nitrogens with zero attached hydrogens (tertiary/aromatic N) is 4. The van der Waals surface area contributed by atoms with Crippen LogP contribution >= 0.6 is 0 Å². The third-order valence-corrected chi connectivity index (χ3v) is 6.28. The molecule has 3 aromatic rings. The summed E-state index contributed by atoms with van der Waals surface area (Å²) in [6.07, 6.45) is 1.20. The molecule has 0 saturated heterocycles. The minimum absolute atomic E-state index is 0.0636. The maximum Gasteiger partial charge on any atom is 0.312 e. The summed E-state index contributed by atoms with van der Waals surface area (Å²) in [6.45, 7) is 2.53. The van der Waals surface area contributed by atoms with Crippen LogP contribution in [0.2, 0.25) is 0 Å². The normalized spacial score (nSPS) is 16.2. The van der Waals surface area contributed by atoms with E-state index in [0.29, 0.717) is 37.2 Å². The standard InChI is InChI=1S/C20H24F2N6O2S/c1-11-8-12-4-5-15(21)14(12)9-13(11)10-16-25-17-18(23)26-20(22)27-19(17)28(16)7-3-6-24-31(2,29)30/h8-9,15,24H,3-7,10H2,1-2H3,(H2,23,26,27). The van der Waals surface area contributed by atoms with Crippen molar-refractivity contribution in [1.82, 2.24) is 24.2 Å². The molecule has 0 spiro atoms. The molecule has 2 heterocycles. The highest BCUT2D eigenvalue weighted by Gasteiger charge is 2.24. The predicted octanol–water partition coefficient (Wildman–Crippen LogP) is 2.34. The Morgan fingerprint density at radius 2 is 2.06 bits per heavy atom. The van der Waals surface area contributed by atoms with Crippen molar-refractivity contribution in [2.45, 2.75) is 45.3 Å². The highest BCUT2D eigenvalue weighted by atomic mass is 32.2. The van der Waals surface area contributed by atoms with E-state index in [1.165, 1.54) is 0 Å². The molecule has 1 aromatic carbocycles. The topological polar surface area (TPSA) is 116 Å². The van der Waals surface area contributed by atoms with Crippen LogP contribution < -0.4 is 10.5 Å². The van der Waals surface area contributed by atoms with Crippen LogP contribution in [0.15, 0.2) is 12.1 Å². The summed E-state index contributed by atoms with van der Waals surface area (Å²) in [7, 11) is -3.31. The van der Waals surface area contributed by atoms with Gasteiger partial charge in [-0.05, 0) is 48.4 Å². The lowest BCUT2D eigenvalue weighted by atomic mass is 9.98. The third-order valence-electron chi connectivity index (χ3n) is 5.55. The first-order chi connectivity index (χ1) is 14.6. The van der Waals surface area contributed by atoms with Crippen LogP contribution in [0.4, 0.5) is 14.6 Å². The number of anilines is 1. The van der Waals surface area contributed by atoms with E-state index >= 15 is 0 Å². The minimum Gasteiger partial charge on any atom is -0.382 e. The summed E-state index contributed by atoms with van der Waals surface area (Å²) in [5, 5.41) is 0. The van der Waals surface area contributed by atoms with Crippen molar-refractivity contribution in [1.29, 1.82) is 0 Å². The summed E-state index contributed by atoms with van der Waals surface area (Å²) < 4.78 is 54.9. The molecule has 8 nitrogen and oxygen atoms in total. The molecule has 0 fully saturated rings. The molecule has 3 N–H and O–H groups in total. The van der Waals surface area contributed by atoms with Gasteiger partial charge in [-0.25, -0.2) is 22.5 Å². The third kappa shape index (κ3) is 4.52. The fourth-order valence-corrected chi connectivity index (χ4v) is 4.56. The largest absolute Gasteiger partial charge is 0.382 e. The lowest BCUT2D eigenvalue weighted by molar-refractivity contribution is 0.343. The molecule has 0 radical (unpaired) electrons. The highest BCUT2D eigenvalue weighted by Crippen LogP contribution is 2.36. The number of nitrogens with one attached hydrogen (secondary N) is 1. The first-order valence-corrected chi connectivity index (χ1v) is 11.9. The monoisotopic (exact) mass is 450 g/mol. The zero-order valence-corrected chi connectivity index (χ0v) is 18.1. The average molecular weight is 451 g/mol. The highest BCUT2D eigenvalue weighted by molar-refractivity contribution is 7.88. The van der Waals surface area contributed by atoms with E-state index in [1.807, 2.05) is 19.1 Å². The summed E-state index contributed by atoms with van der Waals surface area (Å²) in [5.74, 6) is 0.517. The molecule has 2 aromatic heterocycles. The Bertz CT molecular complexity index is 1260. The Hall–Kier alpha value is -2.66. The molecule has 4 rings (SSSR count). The van der Waals surface area contributed by atoms with E-state index < -0.39 is 22.3 Å². The van der Waals surface area contributed by atoms with Crippen LogP contribution in [0.5, 0.6) is 0 Å². The second-order valence-electron chi connectivity index (χ2n) is 7.91. The maximum atomic E-state index is 14.3. The van der Waals surface area contributed by atoms with Gasteiger partial charge in [-0.1, -0.05) is 12.1 Å². The molecule has 11 heteroatoms. The zero-order valence-electron chi connectivity index (χ0n) is 17.3. The molecular formula is C20H24F2N6O2S. The Morgan fingerprint density at radius 3 is 2.81 bits per heavy atom. The maximum absolute atomic E-state index is 14.3. The van der Waals surface area contributed by atoms with Crippen LogP contribution in [-0.2, 0) is 29.4 Å². The van der Waals surface area contributed by atoms with Crippen LogP contribution in [0.1, 0.15) is 47.1 Å². The SMILES string of the molecule is Cc1cc2c(cc1Cc1nc3c(N)nc(F)nc3n1CCCNS(C)(=O)=O)C(F)CC2. The van der Waals surface area contributed by atoms with E-state index in [4.69, 9.17) is 5.73 Å². The van der Waals surface area contributed by atoms with E-state index in [9.17, 15) is 17.2 Å². The summed E-state index contributed by atoms with van der Waals surface area (Å²) in [5.41, 5.74) is 10.1. The van der Waals surface area contributed by atoms with Gasteiger partial charge in [0.15, 0.2) is 17.0 Å². The fourth-order valence-electron chi connectivity index (χ4n) is 4.04. The number of rotatable bonds is 7. The van der Waals surface area contributed by atoms with Gasteiger partial charge in [0.2, 0.25) is 10.0 Å². The number of imidazole rings is 1. The molecule has 1 unspecified atom stereocenters. The second-order valence-corrected chi connectivity index (χ2v) is 9.74. The van der Waals surface area contributed by atoms with Gasteiger partial charge in [0.25, 0.3) is 0 Å². The lowest BCUT2D eigenvalue weighted by Crippen LogP contribution is -2.24. The smallest absolute Gasteiger partial charge is 0.312 e. The Morgan fingerprint density at radius 1 is 1.29 bits per heavy atom. The number of aromatic nitrogens is 4. The van der Waals surface area contributed by atoms with Crippen molar-refractivity contribution in [3.63, 3.8) is 0 Å². The second kappa shape index (κ2) is 8.12. The first kappa shape index (κ1) is 21.6. The number of halogens is 2. The number of hydrogen-bond acceptors (Lipinski definition) is 6. The molecule has 1 atom stereocenters. The van der Waals surface area contributed by atoms with Gasteiger partial charge in [-0.2, -0.15) is 14.4 Å². The molecule has 31 heavy (non-hydrogen) atoms. The Balaban J connectivity index is 1.70. The number of hydrogen-bond donors (Lipinski definition) is 2. The van der Waals surface area contributed by atoms with Gasteiger partial charge >= 0.3 is 6.08 Å². The van der Waals surface area contributed by atoms with Crippen LogP contribution in [0, 0.1) is 13.0 Å². The fraction of sp³-hybridized carbons (Fsp3) is 0.450. The van der Waals surface area contributed by atoms with E-state index in [1.54, 1.807) is 4.57 Å².